The molecule has 1 N–H and O–H groups in total. The largest absolute Gasteiger partial charge is 0.382 e. The number of Topliss-reactive ketones (excluding diaryl/α,β-unsaturated/α-hetero) is 1. The van der Waals surface area contributed by atoms with E-state index in [0.717, 1.165) is 0 Å². The second-order valence-electron chi connectivity index (χ2n) is 2.01. The van der Waals surface area contributed by atoms with Gasteiger partial charge in [-0.3, -0.25) is 9.59 Å². The van der Waals surface area contributed by atoms with Crippen molar-refractivity contribution in [2.75, 3.05) is 0 Å². The Bertz CT molecular complexity index is 135. The minimum atomic E-state index is -1.25. The fraction of sp³-hybridized carbons (Fsp3) is 0.600. The highest BCUT2D eigenvalue weighted by Crippen LogP contribution is 2.34. The van der Waals surface area contributed by atoms with Crippen molar-refractivity contribution in [3.05, 3.63) is 0 Å². The molecule has 0 aliphatic heterocycles. The lowest BCUT2D eigenvalue weighted by Crippen LogP contribution is -2.22. The molecule has 0 radical (unpaired) electrons. The summed E-state index contributed by atoms with van der Waals surface area (Å²) in [5, 5.41) is 8.82. The number of rotatable bonds is 2. The van der Waals surface area contributed by atoms with Crippen LogP contribution in [-0.4, -0.2) is 22.8 Å². The molecule has 0 aromatic rings. The lowest BCUT2D eigenvalue weighted by atomic mass is 10.2. The molecule has 0 aromatic carbocycles. The topological polar surface area (TPSA) is 54.4 Å². The predicted molar refractivity (Wildman–Crippen MR) is 25.3 cm³/mol. The van der Waals surface area contributed by atoms with Crippen LogP contribution in [0.4, 0.5) is 0 Å². The van der Waals surface area contributed by atoms with Gasteiger partial charge in [-0.25, -0.2) is 0 Å². The second kappa shape index (κ2) is 1.39. The van der Waals surface area contributed by atoms with Crippen LogP contribution in [0.1, 0.15) is 12.8 Å². The average Bonchev–Trinajstić information content (AvgIpc) is 2.47. The molecule has 1 rings (SSSR count). The van der Waals surface area contributed by atoms with E-state index < -0.39 is 11.4 Å². The number of carbonyl (C=O) groups excluding carboxylic acids is 2. The first-order chi connectivity index (χ1) is 3.69. The molecular formula is C5H6O3. The highest BCUT2D eigenvalue weighted by Gasteiger charge is 2.47. The third kappa shape index (κ3) is 0.648. The molecule has 0 heterocycles. The van der Waals surface area contributed by atoms with Gasteiger partial charge in [0.15, 0.2) is 6.29 Å². The fourth-order valence-electron chi connectivity index (χ4n) is 0.474. The lowest BCUT2D eigenvalue weighted by molar-refractivity contribution is -0.136. The molecule has 0 aromatic heterocycles. The molecule has 0 amide bonds. The Kier molecular flexibility index (Phi) is 0.942. The van der Waals surface area contributed by atoms with E-state index in [4.69, 9.17) is 5.11 Å². The number of carbonyl (C=O) groups is 2. The van der Waals surface area contributed by atoms with Crippen molar-refractivity contribution < 1.29 is 14.7 Å². The van der Waals surface area contributed by atoms with E-state index in [9.17, 15) is 9.59 Å². The maximum atomic E-state index is 10.3. The number of hydrogen-bond acceptors (Lipinski definition) is 3. The summed E-state index contributed by atoms with van der Waals surface area (Å²) >= 11 is 0. The minimum absolute atomic E-state index is 0.174. The number of aliphatic hydroxyl groups is 1. The Morgan fingerprint density at radius 2 is 2.12 bits per heavy atom. The van der Waals surface area contributed by atoms with Gasteiger partial charge in [0.2, 0.25) is 5.78 Å². The molecule has 1 aliphatic rings. The van der Waals surface area contributed by atoms with E-state index >= 15 is 0 Å². The van der Waals surface area contributed by atoms with E-state index in [2.05, 4.69) is 0 Å². The standard InChI is InChI=1S/C5H6O3/c6-3-4(7)5(8)1-2-5/h3,8H,1-2H2. The Balaban J connectivity index is 2.58. The Morgan fingerprint density at radius 3 is 2.25 bits per heavy atom. The maximum Gasteiger partial charge on any atom is 0.226 e. The molecule has 0 atom stereocenters. The monoisotopic (exact) mass is 114 g/mol. The summed E-state index contributed by atoms with van der Waals surface area (Å²) in [6, 6.07) is 0. The van der Waals surface area contributed by atoms with Crippen molar-refractivity contribution in [3.63, 3.8) is 0 Å². The van der Waals surface area contributed by atoms with E-state index in [1.165, 1.54) is 0 Å². The van der Waals surface area contributed by atoms with E-state index in [0.29, 0.717) is 12.8 Å². The predicted octanol–water partition coefficient (Wildman–Crippen LogP) is -0.721. The first kappa shape index (κ1) is 5.44. The van der Waals surface area contributed by atoms with Crippen LogP contribution in [0.25, 0.3) is 0 Å². The van der Waals surface area contributed by atoms with E-state index in [1.807, 2.05) is 0 Å². The lowest BCUT2D eigenvalue weighted by Gasteiger charge is -1.94. The zero-order valence-electron chi connectivity index (χ0n) is 4.26. The third-order valence-electron chi connectivity index (χ3n) is 1.29. The van der Waals surface area contributed by atoms with Gasteiger partial charge in [-0.2, -0.15) is 0 Å². The van der Waals surface area contributed by atoms with E-state index in [-0.39, 0.29) is 6.29 Å². The first-order valence-electron chi connectivity index (χ1n) is 2.41. The number of ketones is 1. The number of hydrogen-bond donors (Lipinski definition) is 1. The summed E-state index contributed by atoms with van der Waals surface area (Å²) in [4.78, 5) is 20.0. The van der Waals surface area contributed by atoms with E-state index in [1.54, 1.807) is 0 Å². The van der Waals surface area contributed by atoms with Crippen molar-refractivity contribution in [1.29, 1.82) is 0 Å². The summed E-state index contributed by atoms with van der Waals surface area (Å²) in [7, 11) is 0. The zero-order valence-corrected chi connectivity index (χ0v) is 4.26. The normalized spacial score (nSPS) is 22.1. The van der Waals surface area contributed by atoms with Gasteiger partial charge in [-0.05, 0) is 12.8 Å². The van der Waals surface area contributed by atoms with Crippen LogP contribution in [-0.2, 0) is 9.59 Å². The van der Waals surface area contributed by atoms with Crippen molar-refractivity contribution in [2.24, 2.45) is 0 Å². The highest BCUT2D eigenvalue weighted by molar-refractivity contribution is 6.29. The molecular weight excluding hydrogens is 108 g/mol. The fourth-order valence-corrected chi connectivity index (χ4v) is 0.474. The summed E-state index contributed by atoms with van der Waals surface area (Å²) in [5.74, 6) is -0.683. The van der Waals surface area contributed by atoms with Crippen molar-refractivity contribution in [1.82, 2.24) is 0 Å². The molecule has 0 spiro atoms. The molecule has 1 aliphatic carbocycles. The van der Waals surface area contributed by atoms with Gasteiger partial charge >= 0.3 is 0 Å². The van der Waals surface area contributed by atoms with Gasteiger partial charge in [0, 0.05) is 0 Å². The van der Waals surface area contributed by atoms with Crippen molar-refractivity contribution >= 4 is 12.1 Å². The summed E-state index contributed by atoms with van der Waals surface area (Å²) in [6.07, 6.45) is 1.07. The molecule has 1 fully saturated rings. The maximum absolute atomic E-state index is 10.3. The number of aldehydes is 1. The Morgan fingerprint density at radius 1 is 1.62 bits per heavy atom. The molecule has 0 unspecified atom stereocenters. The van der Waals surface area contributed by atoms with Gasteiger partial charge < -0.3 is 5.11 Å². The van der Waals surface area contributed by atoms with Gasteiger partial charge in [-0.1, -0.05) is 0 Å². The molecule has 44 valence electrons. The van der Waals surface area contributed by atoms with Gasteiger partial charge in [0.25, 0.3) is 0 Å². The SMILES string of the molecule is O=CC(=O)C1(O)CC1. The Hall–Kier alpha value is -0.700. The van der Waals surface area contributed by atoms with Crippen LogP contribution < -0.4 is 0 Å². The molecule has 3 heteroatoms. The molecule has 1 saturated carbocycles. The van der Waals surface area contributed by atoms with Crippen molar-refractivity contribution in [3.8, 4) is 0 Å². The third-order valence-corrected chi connectivity index (χ3v) is 1.29. The van der Waals surface area contributed by atoms with Crippen LogP contribution in [0.15, 0.2) is 0 Å². The molecule has 0 saturated heterocycles. The van der Waals surface area contributed by atoms with Crippen LogP contribution in [0, 0.1) is 0 Å². The zero-order chi connectivity index (χ0) is 6.20. The van der Waals surface area contributed by atoms with Crippen LogP contribution >= 0.6 is 0 Å². The summed E-state index contributed by atoms with van der Waals surface area (Å²) in [5.41, 5.74) is -1.25. The van der Waals surface area contributed by atoms with Crippen LogP contribution in [0.3, 0.4) is 0 Å². The van der Waals surface area contributed by atoms with Gasteiger partial charge in [0.1, 0.15) is 5.60 Å². The second-order valence-corrected chi connectivity index (χ2v) is 2.01. The first-order valence-corrected chi connectivity index (χ1v) is 2.41. The quantitative estimate of drug-likeness (QED) is 0.380. The highest BCUT2D eigenvalue weighted by atomic mass is 16.3. The van der Waals surface area contributed by atoms with Gasteiger partial charge in [-0.15, -0.1) is 0 Å². The summed E-state index contributed by atoms with van der Waals surface area (Å²) < 4.78 is 0. The van der Waals surface area contributed by atoms with Crippen LogP contribution in [0.5, 0.6) is 0 Å². The minimum Gasteiger partial charge on any atom is -0.382 e. The average molecular weight is 114 g/mol. The molecule has 0 bridgehead atoms. The van der Waals surface area contributed by atoms with Gasteiger partial charge in [0.05, 0.1) is 0 Å². The van der Waals surface area contributed by atoms with Crippen molar-refractivity contribution in [2.45, 2.75) is 18.4 Å². The molecule has 8 heavy (non-hydrogen) atoms. The smallest absolute Gasteiger partial charge is 0.226 e. The Labute approximate surface area is 46.3 Å². The summed E-state index contributed by atoms with van der Waals surface area (Å²) in [6.45, 7) is 0. The van der Waals surface area contributed by atoms with Crippen LogP contribution in [0.2, 0.25) is 0 Å². The molecule has 3 nitrogen and oxygen atoms in total.